The number of nitrogens with zero attached hydrogens (tertiary/aromatic N) is 1. The molecule has 7 heteroatoms. The normalized spacial score (nSPS) is 11.3. The molecule has 4 rings (SSSR count). The molecule has 2 heterocycles. The lowest BCUT2D eigenvalue weighted by Crippen LogP contribution is -2.05. The summed E-state index contributed by atoms with van der Waals surface area (Å²) in [5.74, 6) is 0.577. The fourth-order valence-corrected chi connectivity index (χ4v) is 3.84. The van der Waals surface area contributed by atoms with Crippen molar-refractivity contribution in [2.75, 3.05) is 0 Å². The second kappa shape index (κ2) is 9.55. The maximum atomic E-state index is 8.17. The highest BCUT2D eigenvalue weighted by atomic mass is 35.5. The monoisotopic (exact) mass is 447 g/mol. The Kier molecular flexibility index (Phi) is 6.40. The van der Waals surface area contributed by atoms with Crippen molar-refractivity contribution in [3.8, 4) is 5.75 Å². The Hall–Kier alpha value is -3.48. The van der Waals surface area contributed by atoms with Crippen molar-refractivity contribution in [1.29, 1.82) is 10.8 Å². The second-order valence-electron chi connectivity index (χ2n) is 6.59. The average Bonchev–Trinajstić information content (AvgIpc) is 3.26. The largest absolute Gasteiger partial charge is 0.487 e. The van der Waals surface area contributed by atoms with E-state index in [-0.39, 0.29) is 5.90 Å². The van der Waals surface area contributed by atoms with Crippen LogP contribution in [0.3, 0.4) is 0 Å². The number of fused-ring (bicyclic) bond motifs is 1. The summed E-state index contributed by atoms with van der Waals surface area (Å²) in [7, 11) is 0. The molecule has 0 bridgehead atoms. The van der Waals surface area contributed by atoms with Crippen molar-refractivity contribution in [1.82, 2.24) is 4.98 Å². The Balaban J connectivity index is 1.52. The maximum absolute atomic E-state index is 8.17. The number of hydrogen-bond acceptors (Lipinski definition) is 6. The molecular formula is C24H18ClN3O2S. The van der Waals surface area contributed by atoms with E-state index in [2.05, 4.69) is 11.1 Å². The van der Waals surface area contributed by atoms with Gasteiger partial charge in [-0.2, -0.15) is 0 Å². The van der Waals surface area contributed by atoms with E-state index in [0.717, 1.165) is 33.4 Å². The Morgan fingerprint density at radius 1 is 1.00 bits per heavy atom. The number of halogens is 1. The summed E-state index contributed by atoms with van der Waals surface area (Å²) in [5, 5.41) is 18.0. The van der Waals surface area contributed by atoms with E-state index in [4.69, 9.17) is 31.9 Å². The molecule has 31 heavy (non-hydrogen) atoms. The summed E-state index contributed by atoms with van der Waals surface area (Å²) in [6.07, 6.45) is 2.56. The van der Waals surface area contributed by atoms with Crippen molar-refractivity contribution >= 4 is 57.1 Å². The summed E-state index contributed by atoms with van der Waals surface area (Å²) < 4.78 is 12.0. The number of rotatable bonds is 7. The van der Waals surface area contributed by atoms with Crippen LogP contribution in [0.1, 0.15) is 16.8 Å². The number of aromatic nitrogens is 1. The molecule has 2 aromatic carbocycles. The molecule has 2 aromatic heterocycles. The smallest absolute Gasteiger partial charge is 0.221 e. The first-order valence-corrected chi connectivity index (χ1v) is 10.7. The molecule has 0 aliphatic heterocycles. The summed E-state index contributed by atoms with van der Waals surface area (Å²) in [6, 6.07) is 20.7. The fraction of sp³-hybridized carbons (Fsp3) is 0.0417. The Morgan fingerprint density at radius 2 is 1.77 bits per heavy atom. The molecule has 0 saturated heterocycles. The highest BCUT2D eigenvalue weighted by Gasteiger charge is 2.11. The molecule has 154 valence electrons. The van der Waals surface area contributed by atoms with Crippen LogP contribution in [0.2, 0.25) is 5.02 Å². The first-order chi connectivity index (χ1) is 15.1. The highest BCUT2D eigenvalue weighted by Crippen LogP contribution is 2.24. The molecule has 0 radical (unpaired) electrons. The van der Waals surface area contributed by atoms with Crippen molar-refractivity contribution in [2.24, 2.45) is 0 Å². The van der Waals surface area contributed by atoms with Crippen LogP contribution in [-0.4, -0.2) is 17.3 Å². The van der Waals surface area contributed by atoms with Crippen LogP contribution in [0, 0.1) is 10.8 Å². The zero-order valence-corrected chi connectivity index (χ0v) is 17.9. The molecule has 4 aromatic rings. The van der Waals surface area contributed by atoms with Crippen LogP contribution in [0.5, 0.6) is 5.75 Å². The topological polar surface area (TPSA) is 79.0 Å². The van der Waals surface area contributed by atoms with Crippen molar-refractivity contribution in [2.45, 2.75) is 6.61 Å². The van der Waals surface area contributed by atoms with E-state index >= 15 is 0 Å². The molecule has 0 amide bonds. The van der Waals surface area contributed by atoms with Gasteiger partial charge in [0.2, 0.25) is 5.90 Å². The summed E-state index contributed by atoms with van der Waals surface area (Å²) >= 11 is 7.62. The van der Waals surface area contributed by atoms with Gasteiger partial charge in [0.25, 0.3) is 0 Å². The van der Waals surface area contributed by atoms with Gasteiger partial charge in [-0.3, -0.25) is 10.8 Å². The molecule has 0 fully saturated rings. The molecule has 0 atom stereocenters. The summed E-state index contributed by atoms with van der Waals surface area (Å²) in [5.41, 5.74) is 4.02. The number of hydrogen-bond donors (Lipinski definition) is 2. The number of thiophene rings is 1. The van der Waals surface area contributed by atoms with Gasteiger partial charge in [-0.1, -0.05) is 35.9 Å². The van der Waals surface area contributed by atoms with Gasteiger partial charge < -0.3 is 9.47 Å². The lowest BCUT2D eigenvalue weighted by Gasteiger charge is -2.10. The van der Waals surface area contributed by atoms with Gasteiger partial charge in [-0.05, 0) is 65.0 Å². The third-order valence-electron chi connectivity index (χ3n) is 4.52. The lowest BCUT2D eigenvalue weighted by atomic mass is 10.0. The van der Waals surface area contributed by atoms with Gasteiger partial charge in [0, 0.05) is 10.6 Å². The minimum atomic E-state index is -0.119. The average molecular weight is 448 g/mol. The maximum Gasteiger partial charge on any atom is 0.221 e. The number of pyridine rings is 1. The summed E-state index contributed by atoms with van der Waals surface area (Å²) in [4.78, 5) is 4.59. The van der Waals surface area contributed by atoms with Crippen LogP contribution in [0.25, 0.3) is 21.9 Å². The Bertz CT molecular complexity index is 1250. The van der Waals surface area contributed by atoms with Crippen LogP contribution in [0.4, 0.5) is 0 Å². The lowest BCUT2D eigenvalue weighted by molar-refractivity contribution is 0.302. The standard InChI is InChI=1S/C24H18ClN3O2S/c25-18-5-1-16(2-6-18)13-21(24(27)30-15-26)17-3-8-20(9-4-17)29-14-19-7-10-23-22(28-19)11-12-31-23/h1-13,15,26-27H,14H2. The van der Waals surface area contributed by atoms with Crippen molar-refractivity contribution < 1.29 is 9.47 Å². The molecule has 0 saturated carbocycles. The summed E-state index contributed by atoms with van der Waals surface area (Å²) in [6.45, 7) is 0.366. The molecular weight excluding hydrogens is 430 g/mol. The van der Waals surface area contributed by atoms with E-state index in [1.165, 1.54) is 0 Å². The Morgan fingerprint density at radius 3 is 2.52 bits per heavy atom. The van der Waals surface area contributed by atoms with Gasteiger partial charge in [-0.25, -0.2) is 4.98 Å². The zero-order valence-electron chi connectivity index (χ0n) is 16.3. The third-order valence-corrected chi connectivity index (χ3v) is 5.64. The Labute approximate surface area is 188 Å². The first-order valence-electron chi connectivity index (χ1n) is 9.40. The van der Waals surface area contributed by atoms with E-state index in [1.807, 2.05) is 60.0 Å². The minimum Gasteiger partial charge on any atom is -0.487 e. The minimum absolute atomic E-state index is 0.119. The molecule has 0 aliphatic rings. The molecule has 5 nitrogen and oxygen atoms in total. The van der Waals surface area contributed by atoms with Gasteiger partial charge in [-0.15, -0.1) is 11.3 Å². The van der Waals surface area contributed by atoms with Crippen molar-refractivity contribution in [3.05, 3.63) is 94.0 Å². The first kappa shape index (κ1) is 20.8. The van der Waals surface area contributed by atoms with Crippen LogP contribution in [-0.2, 0) is 11.3 Å². The SMILES string of the molecule is N=COC(=N)C(=Cc1ccc(Cl)cc1)c1ccc(OCc2ccc3sccc3n2)cc1. The predicted octanol–water partition coefficient (Wildman–Crippen LogP) is 6.67. The number of nitrogens with one attached hydrogen (secondary N) is 2. The van der Waals surface area contributed by atoms with Crippen molar-refractivity contribution in [3.63, 3.8) is 0 Å². The predicted molar refractivity (Wildman–Crippen MR) is 127 cm³/mol. The van der Waals surface area contributed by atoms with Gasteiger partial charge in [0.15, 0.2) is 6.40 Å². The van der Waals surface area contributed by atoms with E-state index in [1.54, 1.807) is 23.5 Å². The fourth-order valence-electron chi connectivity index (χ4n) is 2.99. The molecule has 2 N–H and O–H groups in total. The molecule has 0 aliphatic carbocycles. The molecule has 0 unspecified atom stereocenters. The van der Waals surface area contributed by atoms with E-state index < -0.39 is 0 Å². The van der Waals surface area contributed by atoms with Gasteiger partial charge in [0.1, 0.15) is 12.4 Å². The van der Waals surface area contributed by atoms with E-state index in [9.17, 15) is 0 Å². The third kappa shape index (κ3) is 5.17. The van der Waals surface area contributed by atoms with Gasteiger partial charge in [0.05, 0.1) is 15.9 Å². The quantitative estimate of drug-likeness (QED) is 0.188. The number of ether oxygens (including phenoxy) is 2. The van der Waals surface area contributed by atoms with E-state index in [0.29, 0.717) is 23.0 Å². The molecule has 0 spiro atoms. The highest BCUT2D eigenvalue weighted by molar-refractivity contribution is 7.17. The van der Waals surface area contributed by atoms with Gasteiger partial charge >= 0.3 is 0 Å². The number of benzene rings is 2. The zero-order chi connectivity index (χ0) is 21.6. The van der Waals surface area contributed by atoms with Crippen LogP contribution in [0.15, 0.2) is 72.1 Å². The second-order valence-corrected chi connectivity index (χ2v) is 7.98. The van der Waals surface area contributed by atoms with Crippen LogP contribution < -0.4 is 4.74 Å². The van der Waals surface area contributed by atoms with Crippen LogP contribution >= 0.6 is 22.9 Å².